The summed E-state index contributed by atoms with van der Waals surface area (Å²) in [5, 5.41) is 5.46. The number of hydrogen-bond acceptors (Lipinski definition) is 3. The summed E-state index contributed by atoms with van der Waals surface area (Å²) in [7, 11) is 2.20. The van der Waals surface area contributed by atoms with E-state index in [1.54, 1.807) is 0 Å². The number of hydrogen-bond donors (Lipinski definition) is 2. The maximum atomic E-state index is 11.9. The van der Waals surface area contributed by atoms with Gasteiger partial charge in [-0.2, -0.15) is 0 Å². The van der Waals surface area contributed by atoms with E-state index in [4.69, 9.17) is 0 Å². The number of carbonyl (C=O) groups excluding carboxylic acids is 1. The van der Waals surface area contributed by atoms with Gasteiger partial charge in [-0.05, 0) is 55.8 Å². The number of hydrazine groups is 1. The van der Waals surface area contributed by atoms with Crippen LogP contribution in [0.15, 0.2) is 0 Å². The topological polar surface area (TPSA) is 44.4 Å². The third kappa shape index (κ3) is 2.00. The monoisotopic (exact) mass is 277 g/mol. The third-order valence-corrected chi connectivity index (χ3v) is 6.66. The van der Waals surface area contributed by atoms with E-state index in [0.29, 0.717) is 17.7 Å². The van der Waals surface area contributed by atoms with Crippen molar-refractivity contribution in [3.05, 3.63) is 0 Å². The first kappa shape index (κ1) is 13.1. The second kappa shape index (κ2) is 4.99. The van der Waals surface area contributed by atoms with Gasteiger partial charge in [-0.1, -0.05) is 6.42 Å². The molecular formula is C16H27N3O. The predicted molar refractivity (Wildman–Crippen MR) is 77.7 cm³/mol. The molecule has 4 rings (SSSR count). The molecule has 0 radical (unpaired) electrons. The molecule has 4 nitrogen and oxygen atoms in total. The van der Waals surface area contributed by atoms with Gasteiger partial charge in [0.05, 0.1) is 0 Å². The Morgan fingerprint density at radius 1 is 1.05 bits per heavy atom. The highest BCUT2D eigenvalue weighted by Gasteiger charge is 2.47. The van der Waals surface area contributed by atoms with Gasteiger partial charge in [0.25, 0.3) is 0 Å². The molecule has 4 fully saturated rings. The molecule has 2 saturated carbocycles. The van der Waals surface area contributed by atoms with E-state index in [1.165, 1.54) is 32.1 Å². The maximum absolute atomic E-state index is 11.9. The van der Waals surface area contributed by atoms with Gasteiger partial charge in [0.1, 0.15) is 0 Å². The normalized spacial score (nSPS) is 48.8. The van der Waals surface area contributed by atoms with Gasteiger partial charge in [-0.15, -0.1) is 0 Å². The highest BCUT2D eigenvalue weighted by molar-refractivity contribution is 5.81. The van der Waals surface area contributed by atoms with Crippen molar-refractivity contribution in [3.8, 4) is 0 Å². The fourth-order valence-electron chi connectivity index (χ4n) is 5.63. The fraction of sp³-hybridized carbons (Fsp3) is 0.938. The zero-order chi connectivity index (χ0) is 13.7. The highest BCUT2D eigenvalue weighted by Crippen LogP contribution is 2.47. The van der Waals surface area contributed by atoms with Crippen molar-refractivity contribution < 1.29 is 4.79 Å². The fourth-order valence-corrected chi connectivity index (χ4v) is 5.63. The molecule has 2 aliphatic heterocycles. The third-order valence-electron chi connectivity index (χ3n) is 6.66. The van der Waals surface area contributed by atoms with Crippen LogP contribution in [0.3, 0.4) is 0 Å². The second-order valence-corrected chi connectivity index (χ2v) is 7.48. The first-order valence-corrected chi connectivity index (χ1v) is 8.48. The van der Waals surface area contributed by atoms with E-state index in [-0.39, 0.29) is 0 Å². The Labute approximate surface area is 121 Å². The van der Waals surface area contributed by atoms with Crippen LogP contribution in [0, 0.1) is 29.6 Å². The summed E-state index contributed by atoms with van der Waals surface area (Å²) in [5.74, 6) is 3.84. The lowest BCUT2D eigenvalue weighted by Gasteiger charge is -2.42. The first-order chi connectivity index (χ1) is 9.74. The lowest BCUT2D eigenvalue weighted by Crippen LogP contribution is -2.41. The van der Waals surface area contributed by atoms with Crippen molar-refractivity contribution in [1.82, 2.24) is 15.8 Å². The van der Waals surface area contributed by atoms with Gasteiger partial charge >= 0.3 is 0 Å². The molecule has 2 N–H and O–H groups in total. The Morgan fingerprint density at radius 2 is 1.95 bits per heavy atom. The molecule has 2 aliphatic carbocycles. The van der Waals surface area contributed by atoms with Crippen molar-refractivity contribution >= 4 is 5.91 Å². The van der Waals surface area contributed by atoms with Crippen molar-refractivity contribution in [2.24, 2.45) is 29.6 Å². The van der Waals surface area contributed by atoms with Crippen LogP contribution in [-0.2, 0) is 4.79 Å². The van der Waals surface area contributed by atoms with Gasteiger partial charge in [0.15, 0.2) is 0 Å². The summed E-state index contributed by atoms with van der Waals surface area (Å²) in [4.78, 5) is 11.9. The maximum Gasteiger partial charge on any atom is 0.223 e. The molecule has 20 heavy (non-hydrogen) atoms. The number of nitrogens with zero attached hydrogens (tertiary/aromatic N) is 1. The molecule has 1 amide bonds. The Balaban J connectivity index is 1.46. The Kier molecular flexibility index (Phi) is 3.26. The van der Waals surface area contributed by atoms with Gasteiger partial charge in [-0.3, -0.25) is 10.2 Å². The summed E-state index contributed by atoms with van der Waals surface area (Å²) in [6.07, 6.45) is 7.85. The highest BCUT2D eigenvalue weighted by atomic mass is 16.2. The predicted octanol–water partition coefficient (Wildman–Crippen LogP) is 1.38. The molecule has 2 saturated heterocycles. The minimum absolute atomic E-state index is 0.343. The number of fused-ring (bicyclic) bond motifs is 2. The minimum atomic E-state index is 0.343. The van der Waals surface area contributed by atoms with E-state index < -0.39 is 0 Å². The molecule has 0 spiro atoms. The SMILES string of the molecule is CN1NCC2CC(C3CCCC4C(=O)NCC43)CCC21. The summed E-state index contributed by atoms with van der Waals surface area (Å²) in [6.45, 7) is 2.12. The quantitative estimate of drug-likeness (QED) is 0.761. The van der Waals surface area contributed by atoms with E-state index in [9.17, 15) is 4.79 Å². The van der Waals surface area contributed by atoms with E-state index in [2.05, 4.69) is 22.8 Å². The van der Waals surface area contributed by atoms with Crippen molar-refractivity contribution in [3.63, 3.8) is 0 Å². The summed E-state index contributed by atoms with van der Waals surface area (Å²) >= 11 is 0. The van der Waals surface area contributed by atoms with Crippen molar-refractivity contribution in [2.75, 3.05) is 20.1 Å². The lowest BCUT2D eigenvalue weighted by molar-refractivity contribution is -0.124. The van der Waals surface area contributed by atoms with Crippen LogP contribution < -0.4 is 10.7 Å². The van der Waals surface area contributed by atoms with Crippen LogP contribution in [-0.4, -0.2) is 37.1 Å². The Morgan fingerprint density at radius 3 is 2.85 bits per heavy atom. The molecule has 0 aromatic carbocycles. The standard InChI is InChI=1S/C16H27N3O/c1-19-15-6-5-10(7-11(15)8-18-19)12-3-2-4-13-14(12)9-17-16(13)20/h10-15,18H,2-9H2,1H3,(H,17,20). The average Bonchev–Trinajstić information content (AvgIpc) is 3.03. The molecule has 4 aliphatic rings. The van der Waals surface area contributed by atoms with Gasteiger partial charge in [0.2, 0.25) is 5.91 Å². The largest absolute Gasteiger partial charge is 0.356 e. The molecule has 6 unspecified atom stereocenters. The number of nitrogens with one attached hydrogen (secondary N) is 2. The van der Waals surface area contributed by atoms with Crippen LogP contribution in [0.25, 0.3) is 0 Å². The molecule has 112 valence electrons. The van der Waals surface area contributed by atoms with E-state index >= 15 is 0 Å². The van der Waals surface area contributed by atoms with Crippen LogP contribution in [0.5, 0.6) is 0 Å². The van der Waals surface area contributed by atoms with Gasteiger partial charge in [-0.25, -0.2) is 5.01 Å². The zero-order valence-electron chi connectivity index (χ0n) is 12.5. The smallest absolute Gasteiger partial charge is 0.223 e. The molecule has 0 bridgehead atoms. The lowest BCUT2D eigenvalue weighted by atomic mass is 9.63. The molecular weight excluding hydrogens is 250 g/mol. The van der Waals surface area contributed by atoms with Crippen molar-refractivity contribution in [2.45, 2.75) is 44.6 Å². The Bertz CT molecular complexity index is 399. The minimum Gasteiger partial charge on any atom is -0.356 e. The van der Waals surface area contributed by atoms with E-state index in [1.807, 2.05) is 0 Å². The Hall–Kier alpha value is -0.610. The summed E-state index contributed by atoms with van der Waals surface area (Å²) in [5.41, 5.74) is 3.51. The van der Waals surface area contributed by atoms with Gasteiger partial charge in [0, 0.05) is 32.1 Å². The van der Waals surface area contributed by atoms with Gasteiger partial charge < -0.3 is 5.32 Å². The first-order valence-electron chi connectivity index (χ1n) is 8.48. The molecule has 0 aromatic rings. The molecule has 2 heterocycles. The molecule has 6 atom stereocenters. The van der Waals surface area contributed by atoms with Crippen LogP contribution in [0.1, 0.15) is 38.5 Å². The zero-order valence-corrected chi connectivity index (χ0v) is 12.5. The van der Waals surface area contributed by atoms with E-state index in [0.717, 1.165) is 43.3 Å². The average molecular weight is 277 g/mol. The van der Waals surface area contributed by atoms with Crippen molar-refractivity contribution in [1.29, 1.82) is 0 Å². The second-order valence-electron chi connectivity index (χ2n) is 7.48. The van der Waals surface area contributed by atoms with Crippen LogP contribution in [0.2, 0.25) is 0 Å². The summed E-state index contributed by atoms with van der Waals surface area (Å²) in [6, 6.07) is 0.758. The molecule has 4 heteroatoms. The summed E-state index contributed by atoms with van der Waals surface area (Å²) < 4.78 is 0. The number of amides is 1. The number of rotatable bonds is 1. The van der Waals surface area contributed by atoms with Crippen LogP contribution in [0.4, 0.5) is 0 Å². The van der Waals surface area contributed by atoms with Crippen LogP contribution >= 0.6 is 0 Å². The number of carbonyl (C=O) groups is 1. The molecule has 0 aromatic heterocycles.